The zero-order chi connectivity index (χ0) is 21.4. The van der Waals surface area contributed by atoms with Crippen LogP contribution in [0.25, 0.3) is 0 Å². The summed E-state index contributed by atoms with van der Waals surface area (Å²) in [5.41, 5.74) is 0. The lowest BCUT2D eigenvalue weighted by Crippen LogP contribution is -2.14. The van der Waals surface area contributed by atoms with Crippen LogP contribution in [0.2, 0.25) is 0 Å². The van der Waals surface area contributed by atoms with Crippen LogP contribution in [0.4, 0.5) is 0 Å². The first-order valence-electron chi connectivity index (χ1n) is 10.4. The van der Waals surface area contributed by atoms with Gasteiger partial charge in [-0.25, -0.2) is 0 Å². The van der Waals surface area contributed by atoms with Crippen LogP contribution in [0.1, 0.15) is 51.4 Å². The van der Waals surface area contributed by atoms with E-state index in [1.54, 1.807) is 0 Å². The van der Waals surface area contributed by atoms with Crippen LogP contribution in [0.5, 0.6) is 0 Å². The summed E-state index contributed by atoms with van der Waals surface area (Å²) in [4.78, 5) is 21.7. The molecule has 0 bridgehead atoms. The minimum atomic E-state index is -0.852. The fourth-order valence-electron chi connectivity index (χ4n) is 2.25. The maximum Gasteiger partial charge on any atom is 0.305 e. The Morgan fingerprint density at radius 2 is 1.07 bits per heavy atom. The van der Waals surface area contributed by atoms with Gasteiger partial charge in [-0.05, 0) is 25.7 Å². The summed E-state index contributed by atoms with van der Waals surface area (Å²) in [6.07, 6.45) is 5.74. The number of carbonyl (C=O) groups excluding carboxylic acids is 1. The van der Waals surface area contributed by atoms with Crippen molar-refractivity contribution < 1.29 is 38.4 Å². The minimum Gasteiger partial charge on any atom is -0.481 e. The summed E-state index contributed by atoms with van der Waals surface area (Å²) in [5, 5.41) is 8.49. The molecule has 29 heavy (non-hydrogen) atoms. The Morgan fingerprint density at radius 3 is 1.62 bits per heavy atom. The molecule has 0 heterocycles. The first-order chi connectivity index (χ1) is 14.2. The molecule has 0 aromatic heterocycles. The van der Waals surface area contributed by atoms with Crippen molar-refractivity contribution >= 4 is 23.5 Å². The SMILES string of the molecule is O=C(O)CCCCC(=O)OCCOCCOCCOCCOCCCCCCCl. The number of hydrogen-bond donors (Lipinski definition) is 1. The van der Waals surface area contributed by atoms with Gasteiger partial charge in [-0.3, -0.25) is 9.59 Å². The van der Waals surface area contributed by atoms with E-state index < -0.39 is 5.97 Å². The third-order valence-electron chi connectivity index (χ3n) is 3.80. The molecular formula is C20H37ClO8. The number of halogens is 1. The molecule has 0 spiro atoms. The van der Waals surface area contributed by atoms with Crippen LogP contribution in [0.15, 0.2) is 0 Å². The molecule has 0 fully saturated rings. The van der Waals surface area contributed by atoms with Crippen molar-refractivity contribution in [3.8, 4) is 0 Å². The number of rotatable bonds is 23. The number of aliphatic carboxylic acids is 1. The number of esters is 1. The van der Waals surface area contributed by atoms with E-state index in [-0.39, 0.29) is 25.4 Å². The maximum absolute atomic E-state index is 11.4. The summed E-state index contributed by atoms with van der Waals surface area (Å²) in [5.74, 6) is -0.450. The highest BCUT2D eigenvalue weighted by Gasteiger charge is 2.04. The molecule has 0 amide bonds. The Labute approximate surface area is 179 Å². The Balaban J connectivity index is 3.11. The summed E-state index contributed by atoms with van der Waals surface area (Å²) in [6.45, 7) is 4.29. The largest absolute Gasteiger partial charge is 0.481 e. The number of carboxylic acids is 1. The van der Waals surface area contributed by atoms with Crippen LogP contribution in [-0.2, 0) is 33.3 Å². The number of carboxylic acid groups (broad SMARTS) is 1. The normalized spacial score (nSPS) is 10.9. The molecular weight excluding hydrogens is 404 g/mol. The van der Waals surface area contributed by atoms with E-state index in [4.69, 9.17) is 40.4 Å². The fraction of sp³-hybridized carbons (Fsp3) is 0.900. The summed E-state index contributed by atoms with van der Waals surface area (Å²) >= 11 is 5.61. The van der Waals surface area contributed by atoms with Crippen molar-refractivity contribution in [1.29, 1.82) is 0 Å². The second kappa shape index (κ2) is 23.3. The molecule has 0 atom stereocenters. The van der Waals surface area contributed by atoms with Crippen molar-refractivity contribution in [3.63, 3.8) is 0 Å². The highest BCUT2D eigenvalue weighted by molar-refractivity contribution is 6.17. The van der Waals surface area contributed by atoms with E-state index in [1.807, 2.05) is 0 Å². The molecule has 0 saturated heterocycles. The third-order valence-corrected chi connectivity index (χ3v) is 4.07. The predicted octanol–water partition coefficient (Wildman–Crippen LogP) is 3.04. The van der Waals surface area contributed by atoms with Crippen LogP contribution >= 0.6 is 11.6 Å². The minimum absolute atomic E-state index is 0.0744. The molecule has 0 saturated carbocycles. The Bertz CT molecular complexity index is 381. The Kier molecular flexibility index (Phi) is 22.6. The molecule has 172 valence electrons. The van der Waals surface area contributed by atoms with E-state index in [1.165, 1.54) is 0 Å². The molecule has 9 heteroatoms. The molecule has 0 aliphatic heterocycles. The quantitative estimate of drug-likeness (QED) is 0.147. The molecule has 0 rings (SSSR count). The van der Waals surface area contributed by atoms with E-state index in [0.29, 0.717) is 59.1 Å². The zero-order valence-electron chi connectivity index (χ0n) is 17.4. The molecule has 0 aromatic rings. The van der Waals surface area contributed by atoms with Gasteiger partial charge in [0.1, 0.15) is 6.61 Å². The second-order valence-electron chi connectivity index (χ2n) is 6.37. The van der Waals surface area contributed by atoms with Crippen molar-refractivity contribution in [1.82, 2.24) is 0 Å². The molecule has 0 aromatic carbocycles. The predicted molar refractivity (Wildman–Crippen MR) is 110 cm³/mol. The number of carbonyl (C=O) groups is 2. The number of hydrogen-bond acceptors (Lipinski definition) is 7. The lowest BCUT2D eigenvalue weighted by atomic mass is 10.2. The highest BCUT2D eigenvalue weighted by atomic mass is 35.5. The highest BCUT2D eigenvalue weighted by Crippen LogP contribution is 2.02. The van der Waals surface area contributed by atoms with Crippen LogP contribution in [0, 0.1) is 0 Å². The number of alkyl halides is 1. The van der Waals surface area contributed by atoms with Gasteiger partial charge in [0.15, 0.2) is 0 Å². The monoisotopic (exact) mass is 440 g/mol. The van der Waals surface area contributed by atoms with Gasteiger partial charge in [0.25, 0.3) is 0 Å². The topological polar surface area (TPSA) is 101 Å². The van der Waals surface area contributed by atoms with E-state index in [2.05, 4.69) is 0 Å². The van der Waals surface area contributed by atoms with Gasteiger partial charge in [-0.15, -0.1) is 11.6 Å². The van der Waals surface area contributed by atoms with Crippen LogP contribution < -0.4 is 0 Å². The second-order valence-corrected chi connectivity index (χ2v) is 6.75. The first-order valence-corrected chi connectivity index (χ1v) is 10.9. The average Bonchev–Trinajstić information content (AvgIpc) is 2.70. The average molecular weight is 441 g/mol. The van der Waals surface area contributed by atoms with Gasteiger partial charge in [-0.1, -0.05) is 12.8 Å². The lowest BCUT2D eigenvalue weighted by molar-refractivity contribution is -0.146. The molecule has 0 aliphatic rings. The Hall–Kier alpha value is -0.930. The molecule has 0 radical (unpaired) electrons. The van der Waals surface area contributed by atoms with E-state index in [0.717, 1.165) is 38.2 Å². The molecule has 1 N–H and O–H groups in total. The van der Waals surface area contributed by atoms with Gasteiger partial charge in [0.05, 0.1) is 46.2 Å². The Morgan fingerprint density at radius 1 is 0.586 bits per heavy atom. The van der Waals surface area contributed by atoms with Crippen molar-refractivity contribution in [2.75, 3.05) is 65.3 Å². The molecule has 8 nitrogen and oxygen atoms in total. The molecule has 0 unspecified atom stereocenters. The number of ether oxygens (including phenoxy) is 5. The van der Waals surface area contributed by atoms with Gasteiger partial charge in [-0.2, -0.15) is 0 Å². The van der Waals surface area contributed by atoms with Gasteiger partial charge in [0, 0.05) is 25.3 Å². The van der Waals surface area contributed by atoms with Gasteiger partial charge >= 0.3 is 11.9 Å². The fourth-order valence-corrected chi connectivity index (χ4v) is 2.44. The van der Waals surface area contributed by atoms with E-state index in [9.17, 15) is 9.59 Å². The van der Waals surface area contributed by atoms with Gasteiger partial charge in [0.2, 0.25) is 0 Å². The zero-order valence-corrected chi connectivity index (χ0v) is 18.2. The van der Waals surface area contributed by atoms with E-state index >= 15 is 0 Å². The standard InChI is InChI=1S/C20H37ClO8/c21-9-5-1-2-6-10-25-11-12-26-13-14-27-15-16-28-17-18-29-20(24)8-4-3-7-19(22)23/h1-18H2,(H,22,23). The van der Waals surface area contributed by atoms with Crippen molar-refractivity contribution in [2.45, 2.75) is 51.4 Å². The maximum atomic E-state index is 11.4. The smallest absolute Gasteiger partial charge is 0.305 e. The number of unbranched alkanes of at least 4 members (excludes halogenated alkanes) is 4. The lowest BCUT2D eigenvalue weighted by Gasteiger charge is -2.08. The first kappa shape index (κ1) is 28.1. The van der Waals surface area contributed by atoms with Crippen LogP contribution in [0.3, 0.4) is 0 Å². The summed E-state index contributed by atoms with van der Waals surface area (Å²) < 4.78 is 26.5. The van der Waals surface area contributed by atoms with Crippen LogP contribution in [-0.4, -0.2) is 82.4 Å². The van der Waals surface area contributed by atoms with Crippen molar-refractivity contribution in [2.24, 2.45) is 0 Å². The summed E-state index contributed by atoms with van der Waals surface area (Å²) in [6, 6.07) is 0. The summed E-state index contributed by atoms with van der Waals surface area (Å²) in [7, 11) is 0. The van der Waals surface area contributed by atoms with Crippen molar-refractivity contribution in [3.05, 3.63) is 0 Å². The third kappa shape index (κ3) is 25.0. The van der Waals surface area contributed by atoms with Gasteiger partial charge < -0.3 is 28.8 Å². The molecule has 0 aliphatic carbocycles.